The first-order valence-corrected chi connectivity index (χ1v) is 8.77. The van der Waals surface area contributed by atoms with Crippen LogP contribution in [0.2, 0.25) is 0 Å². The maximum Gasteiger partial charge on any atom is 0.264 e. The van der Waals surface area contributed by atoms with E-state index in [1.165, 1.54) is 15.4 Å². The van der Waals surface area contributed by atoms with Crippen molar-refractivity contribution in [2.24, 2.45) is 0 Å². The van der Waals surface area contributed by atoms with Gasteiger partial charge in [-0.2, -0.15) is 5.10 Å². The molecule has 1 aliphatic rings. The number of ether oxygens (including phenoxy) is 1. The molecule has 0 radical (unpaired) electrons. The molecule has 1 fully saturated rings. The zero-order valence-electron chi connectivity index (χ0n) is 14.6. The van der Waals surface area contributed by atoms with Crippen molar-refractivity contribution in [2.45, 2.75) is 51.8 Å². The highest BCUT2D eigenvalue weighted by Crippen LogP contribution is 2.25. The molecule has 1 N–H and O–H groups in total. The molecule has 3 rings (SSSR count). The lowest BCUT2D eigenvalue weighted by Gasteiger charge is -2.12. The highest BCUT2D eigenvalue weighted by molar-refractivity contribution is 5.79. The number of halogens is 2. The molecule has 1 aliphatic heterocycles. The zero-order valence-corrected chi connectivity index (χ0v) is 14.6. The van der Waals surface area contributed by atoms with Crippen molar-refractivity contribution in [3.05, 3.63) is 28.2 Å². The van der Waals surface area contributed by atoms with Gasteiger partial charge in [0.05, 0.1) is 6.10 Å². The summed E-state index contributed by atoms with van der Waals surface area (Å²) in [6, 6.07) is 0.930. The summed E-state index contributed by atoms with van der Waals surface area (Å²) in [7, 11) is 0. The highest BCUT2D eigenvalue weighted by Gasteiger charge is 2.20. The number of nitrogens with one attached hydrogen (secondary N) is 1. The number of alkyl halides is 2. The molecular formula is C17H22F2N4O3. The third-order valence-electron chi connectivity index (χ3n) is 4.53. The Balaban J connectivity index is 1.75. The maximum absolute atomic E-state index is 13.2. The fraction of sp³-hybridized carbons (Fsp3) is 0.588. The van der Waals surface area contributed by atoms with Gasteiger partial charge in [0.25, 0.3) is 12.0 Å². The number of fused-ring (bicyclic) bond motifs is 1. The SMILES string of the molecule is CCn1cc2c(C(F)F)cc(=O)n(CCC(=O)NC[C@H]3CCCO3)c2n1. The molecule has 1 saturated heterocycles. The largest absolute Gasteiger partial charge is 0.376 e. The van der Waals surface area contributed by atoms with Crippen LogP contribution in [-0.4, -0.2) is 39.5 Å². The molecule has 142 valence electrons. The number of carbonyl (C=O) groups excluding carboxylic acids is 1. The Bertz CT molecular complexity index is 840. The Morgan fingerprint density at radius 3 is 2.96 bits per heavy atom. The van der Waals surface area contributed by atoms with Crippen LogP contribution in [-0.2, 0) is 22.6 Å². The molecule has 7 nitrogen and oxygen atoms in total. The number of hydrogen-bond acceptors (Lipinski definition) is 4. The van der Waals surface area contributed by atoms with Gasteiger partial charge in [0, 0.05) is 55.9 Å². The average Bonchev–Trinajstić information content (AvgIpc) is 3.27. The quantitative estimate of drug-likeness (QED) is 0.809. The second-order valence-corrected chi connectivity index (χ2v) is 6.30. The lowest BCUT2D eigenvalue weighted by Crippen LogP contribution is -2.33. The van der Waals surface area contributed by atoms with Crippen molar-refractivity contribution in [1.29, 1.82) is 0 Å². The summed E-state index contributed by atoms with van der Waals surface area (Å²) in [5, 5.41) is 7.24. The first-order valence-electron chi connectivity index (χ1n) is 8.77. The van der Waals surface area contributed by atoms with Crippen LogP contribution in [0.15, 0.2) is 17.1 Å². The second kappa shape index (κ2) is 7.94. The van der Waals surface area contributed by atoms with E-state index < -0.39 is 12.0 Å². The predicted molar refractivity (Wildman–Crippen MR) is 91.2 cm³/mol. The second-order valence-electron chi connectivity index (χ2n) is 6.30. The summed E-state index contributed by atoms with van der Waals surface area (Å²) in [6.45, 7) is 3.56. The minimum atomic E-state index is -2.76. The minimum absolute atomic E-state index is 0.0407. The number of nitrogens with zero attached hydrogens (tertiary/aromatic N) is 3. The van der Waals surface area contributed by atoms with Gasteiger partial charge in [0.1, 0.15) is 0 Å². The normalized spacial score (nSPS) is 17.3. The smallest absolute Gasteiger partial charge is 0.264 e. The van der Waals surface area contributed by atoms with E-state index in [-0.39, 0.29) is 41.6 Å². The van der Waals surface area contributed by atoms with Crippen LogP contribution in [0.1, 0.15) is 38.2 Å². The van der Waals surface area contributed by atoms with Gasteiger partial charge in [-0.15, -0.1) is 0 Å². The summed E-state index contributed by atoms with van der Waals surface area (Å²) in [6.07, 6.45) is 0.760. The number of carbonyl (C=O) groups is 1. The van der Waals surface area contributed by atoms with Crippen molar-refractivity contribution in [1.82, 2.24) is 19.7 Å². The summed E-state index contributed by atoms with van der Waals surface area (Å²) in [5.74, 6) is -0.214. The van der Waals surface area contributed by atoms with E-state index in [1.54, 1.807) is 0 Å². The highest BCUT2D eigenvalue weighted by atomic mass is 19.3. The van der Waals surface area contributed by atoms with E-state index in [0.717, 1.165) is 18.9 Å². The summed E-state index contributed by atoms with van der Waals surface area (Å²) in [4.78, 5) is 24.3. The van der Waals surface area contributed by atoms with Crippen LogP contribution in [0.3, 0.4) is 0 Å². The minimum Gasteiger partial charge on any atom is -0.376 e. The van der Waals surface area contributed by atoms with Crippen molar-refractivity contribution in [3.8, 4) is 0 Å². The Hall–Kier alpha value is -2.29. The third kappa shape index (κ3) is 3.92. The number of aromatic nitrogens is 3. The van der Waals surface area contributed by atoms with Crippen molar-refractivity contribution < 1.29 is 18.3 Å². The van der Waals surface area contributed by atoms with Gasteiger partial charge in [-0.25, -0.2) is 8.78 Å². The topological polar surface area (TPSA) is 78.2 Å². The molecule has 0 saturated carbocycles. The standard InChI is InChI=1S/C17H22F2N4O3/c1-2-22-10-13-12(16(18)19)8-15(25)23(17(13)21-22)6-5-14(24)20-9-11-4-3-7-26-11/h8,10-11,16H,2-7,9H2,1H3,(H,20,24)/t11-/m1/s1. The zero-order chi connectivity index (χ0) is 18.7. The predicted octanol–water partition coefficient (Wildman–Crippen LogP) is 1.84. The van der Waals surface area contributed by atoms with Gasteiger partial charge in [-0.1, -0.05) is 0 Å². The molecule has 0 spiro atoms. The summed E-state index contributed by atoms with van der Waals surface area (Å²) in [5.41, 5.74) is -0.730. The van der Waals surface area contributed by atoms with Gasteiger partial charge < -0.3 is 10.1 Å². The molecule has 0 unspecified atom stereocenters. The van der Waals surface area contributed by atoms with Crippen molar-refractivity contribution >= 4 is 16.9 Å². The molecule has 0 aliphatic carbocycles. The van der Waals surface area contributed by atoms with Gasteiger partial charge >= 0.3 is 0 Å². The Labute approximate surface area is 148 Å². The molecule has 1 atom stereocenters. The molecule has 9 heteroatoms. The summed E-state index contributed by atoms with van der Waals surface area (Å²) >= 11 is 0. The van der Waals surface area contributed by atoms with Crippen molar-refractivity contribution in [2.75, 3.05) is 13.2 Å². The molecule has 26 heavy (non-hydrogen) atoms. The van der Waals surface area contributed by atoms with E-state index in [1.807, 2.05) is 6.92 Å². The number of rotatable bonds is 7. The van der Waals surface area contributed by atoms with E-state index in [9.17, 15) is 18.4 Å². The lowest BCUT2D eigenvalue weighted by atomic mass is 10.2. The van der Waals surface area contributed by atoms with E-state index in [2.05, 4.69) is 10.4 Å². The number of pyridine rings is 1. The molecule has 0 aromatic carbocycles. The first kappa shape index (κ1) is 18.5. The number of amides is 1. The molecule has 2 aromatic rings. The number of aryl methyl sites for hydroxylation is 2. The average molecular weight is 368 g/mol. The van der Waals surface area contributed by atoms with Gasteiger partial charge in [0.2, 0.25) is 5.91 Å². The molecule has 3 heterocycles. The molecule has 2 aromatic heterocycles. The lowest BCUT2D eigenvalue weighted by molar-refractivity contribution is -0.121. The van der Waals surface area contributed by atoms with E-state index >= 15 is 0 Å². The third-order valence-corrected chi connectivity index (χ3v) is 4.53. The fourth-order valence-corrected chi connectivity index (χ4v) is 3.10. The van der Waals surface area contributed by atoms with Gasteiger partial charge in [-0.05, 0) is 19.8 Å². The van der Waals surface area contributed by atoms with Crippen LogP contribution in [0, 0.1) is 0 Å². The Morgan fingerprint density at radius 2 is 2.31 bits per heavy atom. The molecular weight excluding hydrogens is 346 g/mol. The summed E-state index contributed by atoms with van der Waals surface area (Å²) < 4.78 is 34.7. The van der Waals surface area contributed by atoms with Crippen LogP contribution >= 0.6 is 0 Å². The molecule has 1 amide bonds. The molecule has 0 bridgehead atoms. The van der Waals surface area contributed by atoms with Gasteiger partial charge in [-0.3, -0.25) is 18.8 Å². The maximum atomic E-state index is 13.2. The van der Waals surface area contributed by atoms with Gasteiger partial charge in [0.15, 0.2) is 5.65 Å². The van der Waals surface area contributed by atoms with Crippen LogP contribution in [0.4, 0.5) is 8.78 Å². The van der Waals surface area contributed by atoms with E-state index in [0.29, 0.717) is 19.7 Å². The van der Waals surface area contributed by atoms with Crippen LogP contribution in [0.5, 0.6) is 0 Å². The Kier molecular flexibility index (Phi) is 5.65. The monoisotopic (exact) mass is 368 g/mol. The Morgan fingerprint density at radius 1 is 1.50 bits per heavy atom. The van der Waals surface area contributed by atoms with Crippen LogP contribution in [0.25, 0.3) is 11.0 Å². The number of hydrogen-bond donors (Lipinski definition) is 1. The first-order chi connectivity index (χ1) is 12.5. The fourth-order valence-electron chi connectivity index (χ4n) is 3.10. The van der Waals surface area contributed by atoms with E-state index in [4.69, 9.17) is 4.74 Å². The van der Waals surface area contributed by atoms with Crippen LogP contribution < -0.4 is 10.9 Å². The van der Waals surface area contributed by atoms with Crippen molar-refractivity contribution in [3.63, 3.8) is 0 Å².